The van der Waals surface area contributed by atoms with Gasteiger partial charge in [0.1, 0.15) is 0 Å². The molecule has 0 radical (unpaired) electrons. The largest absolute Gasteiger partial charge is 0.481 e. The van der Waals surface area contributed by atoms with Gasteiger partial charge in [0.25, 0.3) is 0 Å². The fraction of sp³-hybridized carbons (Fsp3) is 0.875. The minimum absolute atomic E-state index is 0.0159. The Bertz CT molecular complexity index is 315. The molecule has 0 aromatic carbocycles. The minimum Gasteiger partial charge on any atom is -0.481 e. The zero-order valence-corrected chi connectivity index (χ0v) is 14.2. The van der Waals surface area contributed by atoms with Gasteiger partial charge in [-0.15, -0.1) is 0 Å². The number of carboxylic acids is 1. The minimum atomic E-state index is -0.869. The third kappa shape index (κ3) is 7.93. The van der Waals surface area contributed by atoms with Gasteiger partial charge in [0.05, 0.1) is 6.42 Å². The Hall–Kier alpha value is -1.26. The summed E-state index contributed by atoms with van der Waals surface area (Å²) in [5.74, 6) is -0.479. The van der Waals surface area contributed by atoms with Crippen LogP contribution in [-0.4, -0.2) is 40.6 Å². The van der Waals surface area contributed by atoms with Crippen LogP contribution in [0.5, 0.6) is 0 Å². The van der Waals surface area contributed by atoms with Crippen molar-refractivity contribution in [1.82, 2.24) is 10.2 Å². The predicted octanol–water partition coefficient (Wildman–Crippen LogP) is 3.49. The van der Waals surface area contributed by atoms with E-state index in [-0.39, 0.29) is 24.5 Å². The molecule has 0 aliphatic carbocycles. The van der Waals surface area contributed by atoms with Crippen LogP contribution in [0.4, 0.5) is 4.79 Å². The summed E-state index contributed by atoms with van der Waals surface area (Å²) in [6, 6.07) is -0.208. The summed E-state index contributed by atoms with van der Waals surface area (Å²) < 4.78 is 0. The number of urea groups is 1. The summed E-state index contributed by atoms with van der Waals surface area (Å²) in [7, 11) is 0. The van der Waals surface area contributed by atoms with E-state index in [2.05, 4.69) is 33.0 Å². The molecule has 1 unspecified atom stereocenters. The SMILES string of the molecule is CCCC(CC(=O)O)NC(=O)N(CC(C)C)C(CC)CC. The van der Waals surface area contributed by atoms with E-state index < -0.39 is 5.97 Å². The van der Waals surface area contributed by atoms with Crippen LogP contribution in [0.15, 0.2) is 0 Å². The van der Waals surface area contributed by atoms with Gasteiger partial charge in [-0.2, -0.15) is 0 Å². The van der Waals surface area contributed by atoms with E-state index in [1.165, 1.54) is 0 Å². The average molecular weight is 300 g/mol. The van der Waals surface area contributed by atoms with Crippen molar-refractivity contribution in [1.29, 1.82) is 0 Å². The first-order valence-corrected chi connectivity index (χ1v) is 8.14. The molecule has 1 atom stereocenters. The number of hydrogen-bond donors (Lipinski definition) is 2. The molecule has 21 heavy (non-hydrogen) atoms. The Morgan fingerprint density at radius 2 is 1.71 bits per heavy atom. The van der Waals surface area contributed by atoms with Crippen LogP contribution >= 0.6 is 0 Å². The normalized spacial score (nSPS) is 12.5. The van der Waals surface area contributed by atoms with Gasteiger partial charge in [0.15, 0.2) is 0 Å². The lowest BCUT2D eigenvalue weighted by Gasteiger charge is -2.33. The molecule has 5 heteroatoms. The van der Waals surface area contributed by atoms with Crippen LogP contribution in [0, 0.1) is 5.92 Å². The number of amides is 2. The van der Waals surface area contributed by atoms with E-state index in [1.54, 1.807) is 0 Å². The molecule has 124 valence electrons. The number of carbonyl (C=O) groups excluding carboxylic acids is 1. The smallest absolute Gasteiger partial charge is 0.317 e. The van der Waals surface area contributed by atoms with E-state index in [9.17, 15) is 9.59 Å². The molecule has 0 aliphatic heterocycles. The summed E-state index contributed by atoms with van der Waals surface area (Å²) in [6.07, 6.45) is 3.35. The Balaban J connectivity index is 4.86. The Morgan fingerprint density at radius 1 is 1.14 bits per heavy atom. The van der Waals surface area contributed by atoms with E-state index in [0.29, 0.717) is 18.9 Å². The van der Waals surface area contributed by atoms with Crippen molar-refractivity contribution in [2.45, 2.75) is 78.8 Å². The molecular formula is C16H32N2O3. The molecule has 0 heterocycles. The van der Waals surface area contributed by atoms with Crippen LogP contribution < -0.4 is 5.32 Å². The average Bonchev–Trinajstić information content (AvgIpc) is 2.37. The number of carboxylic acid groups (broad SMARTS) is 1. The maximum Gasteiger partial charge on any atom is 0.317 e. The maximum absolute atomic E-state index is 12.5. The predicted molar refractivity (Wildman–Crippen MR) is 85.4 cm³/mol. The van der Waals surface area contributed by atoms with Crippen molar-refractivity contribution in [2.75, 3.05) is 6.54 Å². The quantitative estimate of drug-likeness (QED) is 0.649. The topological polar surface area (TPSA) is 69.6 Å². The fourth-order valence-corrected chi connectivity index (χ4v) is 2.56. The molecule has 0 aromatic heterocycles. The van der Waals surface area contributed by atoms with E-state index in [4.69, 9.17) is 5.11 Å². The highest BCUT2D eigenvalue weighted by Crippen LogP contribution is 2.13. The highest BCUT2D eigenvalue weighted by Gasteiger charge is 2.24. The van der Waals surface area contributed by atoms with Gasteiger partial charge in [-0.05, 0) is 25.2 Å². The molecule has 0 spiro atoms. The van der Waals surface area contributed by atoms with Crippen molar-refractivity contribution in [2.24, 2.45) is 5.92 Å². The number of hydrogen-bond acceptors (Lipinski definition) is 2. The molecule has 2 amide bonds. The van der Waals surface area contributed by atoms with Gasteiger partial charge < -0.3 is 15.3 Å². The van der Waals surface area contributed by atoms with Crippen LogP contribution in [0.25, 0.3) is 0 Å². The summed E-state index contributed by atoms with van der Waals surface area (Å²) in [6.45, 7) is 11.0. The number of aliphatic carboxylic acids is 1. The first-order valence-electron chi connectivity index (χ1n) is 8.14. The van der Waals surface area contributed by atoms with Crippen LogP contribution in [-0.2, 0) is 4.79 Å². The van der Waals surface area contributed by atoms with Gasteiger partial charge in [-0.3, -0.25) is 4.79 Å². The summed E-state index contributed by atoms with van der Waals surface area (Å²) >= 11 is 0. The first-order chi connectivity index (χ1) is 9.85. The molecule has 0 saturated heterocycles. The molecule has 0 aromatic rings. The number of carbonyl (C=O) groups is 2. The maximum atomic E-state index is 12.5. The first kappa shape index (κ1) is 19.7. The van der Waals surface area contributed by atoms with Crippen molar-refractivity contribution in [3.63, 3.8) is 0 Å². The standard InChI is InChI=1S/C16H32N2O3/c1-6-9-13(10-15(19)20)17-16(21)18(11-12(4)5)14(7-2)8-3/h12-14H,6-11H2,1-5H3,(H,17,21)(H,19,20). The van der Waals surface area contributed by atoms with Gasteiger partial charge in [0, 0.05) is 18.6 Å². The fourth-order valence-electron chi connectivity index (χ4n) is 2.56. The second-order valence-corrected chi connectivity index (χ2v) is 6.05. The highest BCUT2D eigenvalue weighted by molar-refractivity contribution is 5.76. The third-order valence-corrected chi connectivity index (χ3v) is 3.59. The molecule has 2 N–H and O–H groups in total. The van der Waals surface area contributed by atoms with Crippen molar-refractivity contribution in [3.05, 3.63) is 0 Å². The summed E-state index contributed by atoms with van der Waals surface area (Å²) in [4.78, 5) is 25.3. The van der Waals surface area contributed by atoms with Crippen molar-refractivity contribution < 1.29 is 14.7 Å². The summed E-state index contributed by atoms with van der Waals surface area (Å²) in [5, 5.41) is 11.9. The molecule has 0 fully saturated rings. The number of nitrogens with one attached hydrogen (secondary N) is 1. The number of nitrogens with zero attached hydrogens (tertiary/aromatic N) is 1. The second-order valence-electron chi connectivity index (χ2n) is 6.05. The van der Waals surface area contributed by atoms with Crippen LogP contribution in [0.3, 0.4) is 0 Å². The molecule has 5 nitrogen and oxygen atoms in total. The summed E-state index contributed by atoms with van der Waals surface area (Å²) in [5.41, 5.74) is 0. The zero-order chi connectivity index (χ0) is 16.4. The lowest BCUT2D eigenvalue weighted by Crippen LogP contribution is -2.50. The Kier molecular flexibility index (Phi) is 9.84. The van der Waals surface area contributed by atoms with Crippen LogP contribution in [0.2, 0.25) is 0 Å². The Labute approximate surface area is 129 Å². The third-order valence-electron chi connectivity index (χ3n) is 3.59. The van der Waals surface area contributed by atoms with Gasteiger partial charge in [-0.1, -0.05) is 41.0 Å². The highest BCUT2D eigenvalue weighted by atomic mass is 16.4. The van der Waals surface area contributed by atoms with Crippen molar-refractivity contribution in [3.8, 4) is 0 Å². The van der Waals surface area contributed by atoms with Gasteiger partial charge >= 0.3 is 12.0 Å². The van der Waals surface area contributed by atoms with Crippen molar-refractivity contribution >= 4 is 12.0 Å². The lowest BCUT2D eigenvalue weighted by atomic mass is 10.1. The zero-order valence-electron chi connectivity index (χ0n) is 14.2. The number of rotatable bonds is 10. The lowest BCUT2D eigenvalue weighted by molar-refractivity contribution is -0.137. The van der Waals surface area contributed by atoms with Crippen LogP contribution in [0.1, 0.15) is 66.7 Å². The second kappa shape index (κ2) is 10.5. The molecule has 0 saturated carbocycles. The van der Waals surface area contributed by atoms with Gasteiger partial charge in [-0.25, -0.2) is 4.79 Å². The van der Waals surface area contributed by atoms with E-state index in [1.807, 2.05) is 11.8 Å². The molecular weight excluding hydrogens is 268 g/mol. The molecule has 0 bridgehead atoms. The molecule has 0 rings (SSSR count). The van der Waals surface area contributed by atoms with Gasteiger partial charge in [0.2, 0.25) is 0 Å². The Morgan fingerprint density at radius 3 is 2.10 bits per heavy atom. The van der Waals surface area contributed by atoms with E-state index in [0.717, 1.165) is 19.3 Å². The van der Waals surface area contributed by atoms with E-state index >= 15 is 0 Å². The monoisotopic (exact) mass is 300 g/mol. The molecule has 0 aliphatic rings.